The Balaban J connectivity index is 1.68. The molecule has 0 bridgehead atoms. The maximum absolute atomic E-state index is 12.6. The highest BCUT2D eigenvalue weighted by atomic mass is 32.2. The molecule has 1 unspecified atom stereocenters. The van der Waals surface area contributed by atoms with Gasteiger partial charge in [-0.25, -0.2) is 0 Å². The van der Waals surface area contributed by atoms with Crippen LogP contribution in [0.25, 0.3) is 0 Å². The summed E-state index contributed by atoms with van der Waals surface area (Å²) in [5, 5.41) is 12.8. The Morgan fingerprint density at radius 2 is 2.03 bits per heavy atom. The average molecular weight is 479 g/mol. The largest absolute Gasteiger partial charge is 0.379 e. The Labute approximate surface area is 199 Å². The van der Waals surface area contributed by atoms with E-state index >= 15 is 0 Å². The van der Waals surface area contributed by atoms with Crippen LogP contribution in [-0.2, 0) is 16.1 Å². The summed E-state index contributed by atoms with van der Waals surface area (Å²) in [5.41, 5.74) is 0.815. The standard InChI is InChI=1S/C22H34N6O2S2/c1-5-19(26(2)3)21-24-25-22(28(21)10-9-27-11-13-30-14-12-27)32-16-20(29)23-17-7-6-8-18(15-17)31-4/h6-8,15,19H,5,9-14,16H2,1-4H3,(H,23,29). The van der Waals surface area contributed by atoms with Crippen molar-refractivity contribution in [2.75, 3.05) is 64.3 Å². The molecule has 1 aliphatic rings. The van der Waals surface area contributed by atoms with Gasteiger partial charge in [-0.1, -0.05) is 24.8 Å². The second-order valence-electron chi connectivity index (χ2n) is 7.90. The van der Waals surface area contributed by atoms with Crippen molar-refractivity contribution in [3.05, 3.63) is 30.1 Å². The van der Waals surface area contributed by atoms with Crippen molar-refractivity contribution in [1.82, 2.24) is 24.6 Å². The summed E-state index contributed by atoms with van der Waals surface area (Å²) in [6.45, 7) is 7.33. The maximum Gasteiger partial charge on any atom is 0.234 e. The van der Waals surface area contributed by atoms with Gasteiger partial charge in [0.05, 0.1) is 25.0 Å². The molecule has 1 fully saturated rings. The van der Waals surface area contributed by atoms with Gasteiger partial charge in [-0.3, -0.25) is 14.6 Å². The minimum absolute atomic E-state index is 0.0443. The van der Waals surface area contributed by atoms with Gasteiger partial charge in [-0.15, -0.1) is 22.0 Å². The van der Waals surface area contributed by atoms with Crippen molar-refractivity contribution in [1.29, 1.82) is 0 Å². The van der Waals surface area contributed by atoms with Gasteiger partial charge in [0, 0.05) is 36.8 Å². The van der Waals surface area contributed by atoms with E-state index in [9.17, 15) is 4.79 Å². The molecule has 1 amide bonds. The molecule has 1 aromatic carbocycles. The molecule has 32 heavy (non-hydrogen) atoms. The lowest BCUT2D eigenvalue weighted by molar-refractivity contribution is -0.113. The zero-order valence-electron chi connectivity index (χ0n) is 19.4. The van der Waals surface area contributed by atoms with Crippen molar-refractivity contribution in [3.63, 3.8) is 0 Å². The Kier molecular flexibility index (Phi) is 9.86. The number of hydrogen-bond acceptors (Lipinski definition) is 8. The van der Waals surface area contributed by atoms with Crippen LogP contribution in [0.5, 0.6) is 0 Å². The van der Waals surface area contributed by atoms with Crippen LogP contribution in [0, 0.1) is 0 Å². The number of thioether (sulfide) groups is 2. The molecule has 1 atom stereocenters. The molecule has 2 heterocycles. The number of aromatic nitrogens is 3. The Morgan fingerprint density at radius 3 is 2.72 bits per heavy atom. The van der Waals surface area contributed by atoms with Gasteiger partial charge >= 0.3 is 0 Å². The number of amides is 1. The average Bonchev–Trinajstić information content (AvgIpc) is 3.19. The number of benzene rings is 1. The molecule has 0 aliphatic carbocycles. The fourth-order valence-corrected chi connectivity index (χ4v) is 4.97. The molecule has 1 saturated heterocycles. The summed E-state index contributed by atoms with van der Waals surface area (Å²) in [4.78, 5) is 18.3. The first-order valence-corrected chi connectivity index (χ1v) is 13.2. The molecule has 0 radical (unpaired) electrons. The van der Waals surface area contributed by atoms with Gasteiger partial charge < -0.3 is 14.6 Å². The Bertz CT molecular complexity index is 870. The van der Waals surface area contributed by atoms with Gasteiger partial charge in [-0.05, 0) is 45.0 Å². The first kappa shape index (κ1) is 25.0. The van der Waals surface area contributed by atoms with Gasteiger partial charge in [0.1, 0.15) is 0 Å². The number of nitrogens with one attached hydrogen (secondary N) is 1. The lowest BCUT2D eigenvalue weighted by Gasteiger charge is -2.28. The van der Waals surface area contributed by atoms with E-state index in [0.717, 1.165) is 67.4 Å². The first-order chi connectivity index (χ1) is 15.5. The molecule has 8 nitrogen and oxygen atoms in total. The zero-order valence-corrected chi connectivity index (χ0v) is 21.0. The number of anilines is 1. The van der Waals surface area contributed by atoms with E-state index in [-0.39, 0.29) is 17.7 Å². The molecule has 1 N–H and O–H groups in total. The third-order valence-corrected chi connectivity index (χ3v) is 7.18. The summed E-state index contributed by atoms with van der Waals surface area (Å²) in [5.74, 6) is 1.20. The summed E-state index contributed by atoms with van der Waals surface area (Å²) in [7, 11) is 4.14. The molecular weight excluding hydrogens is 444 g/mol. The predicted octanol–water partition coefficient (Wildman–Crippen LogP) is 3.08. The molecule has 176 valence electrons. The highest BCUT2D eigenvalue weighted by molar-refractivity contribution is 7.99. The lowest BCUT2D eigenvalue weighted by atomic mass is 10.2. The van der Waals surface area contributed by atoms with Crippen LogP contribution in [0.2, 0.25) is 0 Å². The second kappa shape index (κ2) is 12.6. The van der Waals surface area contributed by atoms with Crippen molar-refractivity contribution in [2.24, 2.45) is 0 Å². The third kappa shape index (κ3) is 6.95. The molecule has 2 aromatic rings. The first-order valence-electron chi connectivity index (χ1n) is 11.0. The van der Waals surface area contributed by atoms with Crippen LogP contribution >= 0.6 is 23.5 Å². The van der Waals surface area contributed by atoms with Crippen LogP contribution < -0.4 is 5.32 Å². The fourth-order valence-electron chi connectivity index (χ4n) is 3.74. The van der Waals surface area contributed by atoms with E-state index in [1.807, 2.05) is 30.5 Å². The summed E-state index contributed by atoms with van der Waals surface area (Å²) in [6.07, 6.45) is 2.97. The Morgan fingerprint density at radius 1 is 1.25 bits per heavy atom. The summed E-state index contributed by atoms with van der Waals surface area (Å²) >= 11 is 3.10. The molecule has 3 rings (SSSR count). The van der Waals surface area contributed by atoms with Gasteiger partial charge in [0.2, 0.25) is 5.91 Å². The highest BCUT2D eigenvalue weighted by Gasteiger charge is 2.23. The zero-order chi connectivity index (χ0) is 22.9. The molecule has 10 heteroatoms. The molecule has 0 saturated carbocycles. The topological polar surface area (TPSA) is 75.5 Å². The number of rotatable bonds is 11. The van der Waals surface area contributed by atoms with E-state index in [1.165, 1.54) is 11.8 Å². The number of nitrogens with zero attached hydrogens (tertiary/aromatic N) is 5. The van der Waals surface area contributed by atoms with Gasteiger partial charge in [-0.2, -0.15) is 0 Å². The number of ether oxygens (including phenoxy) is 1. The third-order valence-electron chi connectivity index (χ3n) is 5.48. The van der Waals surface area contributed by atoms with Gasteiger partial charge in [0.25, 0.3) is 0 Å². The van der Waals surface area contributed by atoms with Crippen LogP contribution in [-0.4, -0.2) is 89.4 Å². The van der Waals surface area contributed by atoms with E-state index in [2.05, 4.69) is 50.9 Å². The quantitative estimate of drug-likeness (QED) is 0.494. The van der Waals surface area contributed by atoms with Crippen LogP contribution in [0.1, 0.15) is 25.2 Å². The van der Waals surface area contributed by atoms with Crippen molar-refractivity contribution < 1.29 is 9.53 Å². The minimum atomic E-state index is -0.0443. The second-order valence-corrected chi connectivity index (χ2v) is 9.73. The van der Waals surface area contributed by atoms with Crippen LogP contribution in [0.4, 0.5) is 5.69 Å². The van der Waals surface area contributed by atoms with E-state index in [0.29, 0.717) is 0 Å². The molecule has 0 spiro atoms. The fraction of sp³-hybridized carbons (Fsp3) is 0.591. The lowest BCUT2D eigenvalue weighted by Crippen LogP contribution is -2.38. The smallest absolute Gasteiger partial charge is 0.234 e. The van der Waals surface area contributed by atoms with E-state index in [4.69, 9.17) is 4.74 Å². The maximum atomic E-state index is 12.6. The van der Waals surface area contributed by atoms with Crippen molar-refractivity contribution >= 4 is 35.1 Å². The van der Waals surface area contributed by atoms with Crippen LogP contribution in [0.3, 0.4) is 0 Å². The van der Waals surface area contributed by atoms with Crippen molar-refractivity contribution in [2.45, 2.75) is 36.0 Å². The summed E-state index contributed by atoms with van der Waals surface area (Å²) in [6, 6.07) is 8.06. The van der Waals surface area contributed by atoms with Gasteiger partial charge in [0.15, 0.2) is 11.0 Å². The SMILES string of the molecule is CCC(c1nnc(SCC(=O)Nc2cccc(SC)c2)n1CCN1CCOCC1)N(C)C. The number of carbonyl (C=O) groups is 1. The van der Waals surface area contributed by atoms with E-state index in [1.54, 1.807) is 11.8 Å². The number of morpholine rings is 1. The normalized spacial score (nSPS) is 15.8. The van der Waals surface area contributed by atoms with Crippen molar-refractivity contribution in [3.8, 4) is 0 Å². The van der Waals surface area contributed by atoms with Crippen LogP contribution in [0.15, 0.2) is 34.3 Å². The predicted molar refractivity (Wildman–Crippen MR) is 132 cm³/mol. The molecule has 1 aromatic heterocycles. The number of hydrogen-bond donors (Lipinski definition) is 1. The number of carbonyl (C=O) groups excluding carboxylic acids is 1. The minimum Gasteiger partial charge on any atom is -0.379 e. The highest BCUT2D eigenvalue weighted by Crippen LogP contribution is 2.26. The molecule has 1 aliphatic heterocycles. The Hall–Kier alpha value is -1.59. The monoisotopic (exact) mass is 478 g/mol. The molecular formula is C22H34N6O2S2. The van der Waals surface area contributed by atoms with E-state index < -0.39 is 0 Å². The summed E-state index contributed by atoms with van der Waals surface area (Å²) < 4.78 is 7.66.